The Kier molecular flexibility index (Phi) is 1.02. The molecule has 0 spiro atoms. The van der Waals surface area contributed by atoms with E-state index in [1.807, 2.05) is 0 Å². The Hall–Kier alpha value is 0.210. The standard InChI is InChI=1S/C4H6F2S/c5-3(6)4(7)1-2-4/h3,7H,1-2H2. The van der Waals surface area contributed by atoms with Gasteiger partial charge in [-0.25, -0.2) is 8.78 Å². The minimum absolute atomic E-state index is 0.577. The SMILES string of the molecule is FC(F)C1(S)CC1. The van der Waals surface area contributed by atoms with Crippen LogP contribution in [0, 0.1) is 0 Å². The molecule has 7 heavy (non-hydrogen) atoms. The maximum atomic E-state index is 11.5. The van der Waals surface area contributed by atoms with Crippen molar-refractivity contribution in [2.75, 3.05) is 0 Å². The summed E-state index contributed by atoms with van der Waals surface area (Å²) < 4.78 is 22.2. The molecule has 1 rings (SSSR count). The first-order valence-electron chi connectivity index (χ1n) is 2.16. The van der Waals surface area contributed by atoms with Crippen molar-refractivity contribution < 1.29 is 8.78 Å². The van der Waals surface area contributed by atoms with E-state index in [-0.39, 0.29) is 0 Å². The summed E-state index contributed by atoms with van der Waals surface area (Å²) in [5.41, 5.74) is 0. The van der Waals surface area contributed by atoms with Gasteiger partial charge in [-0.2, -0.15) is 12.6 Å². The highest BCUT2D eigenvalue weighted by molar-refractivity contribution is 7.82. The second kappa shape index (κ2) is 1.34. The molecule has 0 saturated heterocycles. The molecule has 0 N–H and O–H groups in total. The normalized spacial score (nSPS) is 25.7. The van der Waals surface area contributed by atoms with Crippen LogP contribution in [0.3, 0.4) is 0 Å². The molecule has 0 heterocycles. The second-order valence-corrected chi connectivity index (χ2v) is 2.79. The molecule has 0 aromatic heterocycles. The molecule has 1 aliphatic rings. The largest absolute Gasteiger partial charge is 0.252 e. The number of thiol groups is 1. The van der Waals surface area contributed by atoms with Gasteiger partial charge in [0.05, 0.1) is 4.75 Å². The van der Waals surface area contributed by atoms with Crippen LogP contribution >= 0.6 is 12.6 Å². The maximum absolute atomic E-state index is 11.5. The quantitative estimate of drug-likeness (QED) is 0.505. The molecule has 42 valence electrons. The summed E-state index contributed by atoms with van der Waals surface area (Å²) in [5, 5.41) is 0. The molecule has 1 fully saturated rings. The van der Waals surface area contributed by atoms with E-state index in [2.05, 4.69) is 12.6 Å². The summed E-state index contributed by atoms with van der Waals surface area (Å²) in [6.07, 6.45) is -1.07. The van der Waals surface area contributed by atoms with Crippen LogP contribution in [0.15, 0.2) is 0 Å². The van der Waals surface area contributed by atoms with Crippen LogP contribution in [0.25, 0.3) is 0 Å². The van der Waals surface area contributed by atoms with E-state index in [0.29, 0.717) is 12.8 Å². The van der Waals surface area contributed by atoms with Gasteiger partial charge in [-0.15, -0.1) is 0 Å². The van der Waals surface area contributed by atoms with Crippen molar-refractivity contribution in [2.24, 2.45) is 0 Å². The van der Waals surface area contributed by atoms with E-state index in [1.54, 1.807) is 0 Å². The Morgan fingerprint density at radius 2 is 1.86 bits per heavy atom. The van der Waals surface area contributed by atoms with Crippen LogP contribution < -0.4 is 0 Å². The van der Waals surface area contributed by atoms with E-state index >= 15 is 0 Å². The van der Waals surface area contributed by atoms with Crippen molar-refractivity contribution in [3.05, 3.63) is 0 Å². The molecule has 0 amide bonds. The van der Waals surface area contributed by atoms with Crippen molar-refractivity contribution in [1.29, 1.82) is 0 Å². The van der Waals surface area contributed by atoms with Crippen molar-refractivity contribution in [3.8, 4) is 0 Å². The van der Waals surface area contributed by atoms with Gasteiger partial charge in [0, 0.05) is 0 Å². The highest BCUT2D eigenvalue weighted by Crippen LogP contribution is 2.46. The molecular weight excluding hydrogens is 118 g/mol. The lowest BCUT2D eigenvalue weighted by Gasteiger charge is -2.01. The molecule has 1 aliphatic carbocycles. The summed E-state index contributed by atoms with van der Waals surface area (Å²) in [5.74, 6) is 0. The number of rotatable bonds is 1. The predicted octanol–water partition coefficient (Wildman–Crippen LogP) is 1.71. The van der Waals surface area contributed by atoms with E-state index in [9.17, 15) is 8.78 Å². The Balaban J connectivity index is 2.39. The number of hydrogen-bond acceptors (Lipinski definition) is 1. The first kappa shape index (κ1) is 5.35. The summed E-state index contributed by atoms with van der Waals surface area (Å²) >= 11 is 3.71. The molecule has 0 aromatic rings. The van der Waals surface area contributed by atoms with Gasteiger partial charge in [0.15, 0.2) is 0 Å². The van der Waals surface area contributed by atoms with Crippen LogP contribution in [0.5, 0.6) is 0 Å². The van der Waals surface area contributed by atoms with Crippen LogP contribution in [0.4, 0.5) is 8.78 Å². The van der Waals surface area contributed by atoms with E-state index in [1.165, 1.54) is 0 Å². The summed E-state index contributed by atoms with van der Waals surface area (Å²) in [4.78, 5) is 0. The van der Waals surface area contributed by atoms with Gasteiger partial charge in [0.25, 0.3) is 6.43 Å². The summed E-state index contributed by atoms with van der Waals surface area (Å²) in [7, 11) is 0. The van der Waals surface area contributed by atoms with Gasteiger partial charge in [-0.3, -0.25) is 0 Å². The Bertz CT molecular complexity index is 77.8. The van der Waals surface area contributed by atoms with Gasteiger partial charge in [0.1, 0.15) is 0 Å². The molecule has 0 radical (unpaired) electrons. The van der Waals surface area contributed by atoms with Crippen LogP contribution in [-0.4, -0.2) is 11.2 Å². The highest BCUT2D eigenvalue weighted by Gasteiger charge is 2.47. The second-order valence-electron chi connectivity index (χ2n) is 1.90. The van der Waals surface area contributed by atoms with Crippen LogP contribution in [0.2, 0.25) is 0 Å². The molecule has 0 bridgehead atoms. The molecule has 0 atom stereocenters. The monoisotopic (exact) mass is 124 g/mol. The number of halogens is 2. The van der Waals surface area contributed by atoms with E-state index in [4.69, 9.17) is 0 Å². The minimum atomic E-state index is -2.23. The average Bonchev–Trinajstić information content (AvgIpc) is 2.21. The zero-order valence-electron chi connectivity index (χ0n) is 3.69. The summed E-state index contributed by atoms with van der Waals surface area (Å²) in [6, 6.07) is 0. The predicted molar refractivity (Wildman–Crippen MR) is 27.0 cm³/mol. The molecule has 3 heteroatoms. The first-order chi connectivity index (χ1) is 3.15. The summed E-state index contributed by atoms with van der Waals surface area (Å²) in [6.45, 7) is 0. The fraction of sp³-hybridized carbons (Fsp3) is 1.00. The molecule has 0 nitrogen and oxygen atoms in total. The number of hydrogen-bond donors (Lipinski definition) is 1. The van der Waals surface area contributed by atoms with Crippen molar-refractivity contribution in [2.45, 2.75) is 24.0 Å². The van der Waals surface area contributed by atoms with Gasteiger partial charge >= 0.3 is 0 Å². The van der Waals surface area contributed by atoms with Crippen LogP contribution in [-0.2, 0) is 0 Å². The van der Waals surface area contributed by atoms with Crippen molar-refractivity contribution in [1.82, 2.24) is 0 Å². The lowest BCUT2D eigenvalue weighted by molar-refractivity contribution is 0.138. The molecule has 0 aliphatic heterocycles. The fourth-order valence-corrected chi connectivity index (χ4v) is 0.458. The van der Waals surface area contributed by atoms with Gasteiger partial charge in [0.2, 0.25) is 0 Å². The fourth-order valence-electron chi connectivity index (χ4n) is 0.346. The van der Waals surface area contributed by atoms with E-state index in [0.717, 1.165) is 0 Å². The Morgan fingerprint density at radius 1 is 1.43 bits per heavy atom. The first-order valence-corrected chi connectivity index (χ1v) is 2.60. The average molecular weight is 124 g/mol. The zero-order chi connectivity index (χ0) is 5.49. The number of alkyl halides is 2. The lowest BCUT2D eigenvalue weighted by atomic mass is 10.4. The molecule has 1 saturated carbocycles. The van der Waals surface area contributed by atoms with Crippen molar-refractivity contribution >= 4 is 12.6 Å². The van der Waals surface area contributed by atoms with Crippen LogP contribution in [0.1, 0.15) is 12.8 Å². The third-order valence-electron chi connectivity index (χ3n) is 1.17. The molecule has 0 aromatic carbocycles. The maximum Gasteiger partial charge on any atom is 0.252 e. The molecule has 0 unspecified atom stereocenters. The van der Waals surface area contributed by atoms with Gasteiger partial charge < -0.3 is 0 Å². The lowest BCUT2D eigenvalue weighted by Crippen LogP contribution is -2.10. The van der Waals surface area contributed by atoms with Gasteiger partial charge in [-0.1, -0.05) is 0 Å². The topological polar surface area (TPSA) is 0 Å². The van der Waals surface area contributed by atoms with E-state index < -0.39 is 11.2 Å². The third-order valence-corrected chi connectivity index (χ3v) is 1.81. The zero-order valence-corrected chi connectivity index (χ0v) is 4.59. The van der Waals surface area contributed by atoms with Crippen molar-refractivity contribution in [3.63, 3.8) is 0 Å². The third kappa shape index (κ3) is 0.876. The Morgan fingerprint density at radius 3 is 1.86 bits per heavy atom. The molecular formula is C4H6F2S. The van der Waals surface area contributed by atoms with Gasteiger partial charge in [-0.05, 0) is 12.8 Å². The Labute approximate surface area is 46.3 Å². The highest BCUT2D eigenvalue weighted by atomic mass is 32.1. The minimum Gasteiger partial charge on any atom is -0.209 e. The smallest absolute Gasteiger partial charge is 0.209 e.